The molecule has 2 nitrogen and oxygen atoms in total. The lowest BCUT2D eigenvalue weighted by Gasteiger charge is -2.17. The number of rotatable bonds is 4. The minimum Gasteiger partial charge on any atom is -0.472 e. The summed E-state index contributed by atoms with van der Waals surface area (Å²) in [6.45, 7) is 0. The Balaban J connectivity index is 2.25. The maximum absolute atomic E-state index is 5.10. The molecule has 0 aliphatic heterocycles. The minimum absolute atomic E-state index is 0.263. The Morgan fingerprint density at radius 1 is 1.29 bits per heavy atom. The van der Waals surface area contributed by atoms with Gasteiger partial charge in [-0.1, -0.05) is 31.9 Å². The molecular weight excluding hydrogens is 346 g/mol. The number of likely N-dealkylation sites (N-methyl/N-ethyl adjacent to an activating group) is 1. The van der Waals surface area contributed by atoms with Crippen molar-refractivity contribution in [2.24, 2.45) is 0 Å². The monoisotopic (exact) mass is 357 g/mol. The number of furan rings is 1. The topological polar surface area (TPSA) is 25.2 Å². The number of nitrogens with one attached hydrogen (secondary N) is 1. The molecule has 0 aliphatic carbocycles. The molecular formula is C13H13Br2NO. The molecule has 4 heteroatoms. The fourth-order valence-electron chi connectivity index (χ4n) is 1.79. The summed E-state index contributed by atoms with van der Waals surface area (Å²) in [5.74, 6) is 0. The standard InChI is InChI=1S/C13H13Br2NO/c1-16-13(6-9-4-5-17-8-9)11-7-10(14)2-3-12(11)15/h2-5,7-8,13,16H,6H2,1H3. The molecule has 1 unspecified atom stereocenters. The van der Waals surface area contributed by atoms with E-state index in [4.69, 9.17) is 4.42 Å². The normalized spacial score (nSPS) is 12.6. The van der Waals surface area contributed by atoms with Crippen LogP contribution in [0, 0.1) is 0 Å². The van der Waals surface area contributed by atoms with Crippen LogP contribution in [0.1, 0.15) is 17.2 Å². The molecule has 1 N–H and O–H groups in total. The van der Waals surface area contributed by atoms with Gasteiger partial charge in [-0.05, 0) is 48.9 Å². The Morgan fingerprint density at radius 3 is 2.76 bits per heavy atom. The highest BCUT2D eigenvalue weighted by Gasteiger charge is 2.14. The molecule has 0 bridgehead atoms. The van der Waals surface area contributed by atoms with E-state index in [9.17, 15) is 0 Å². The highest BCUT2D eigenvalue weighted by Crippen LogP contribution is 2.28. The molecule has 1 heterocycles. The van der Waals surface area contributed by atoms with Gasteiger partial charge in [-0.3, -0.25) is 0 Å². The zero-order valence-electron chi connectivity index (χ0n) is 9.41. The van der Waals surface area contributed by atoms with E-state index >= 15 is 0 Å². The first-order valence-electron chi connectivity index (χ1n) is 5.34. The van der Waals surface area contributed by atoms with E-state index < -0.39 is 0 Å². The summed E-state index contributed by atoms with van der Waals surface area (Å²) in [7, 11) is 1.97. The van der Waals surface area contributed by atoms with Gasteiger partial charge >= 0.3 is 0 Å². The van der Waals surface area contributed by atoms with Crippen LogP contribution in [0.2, 0.25) is 0 Å². The lowest BCUT2D eigenvalue weighted by molar-refractivity contribution is 0.551. The van der Waals surface area contributed by atoms with Crippen LogP contribution in [0.15, 0.2) is 50.2 Å². The first kappa shape index (κ1) is 12.9. The van der Waals surface area contributed by atoms with Crippen molar-refractivity contribution >= 4 is 31.9 Å². The Morgan fingerprint density at radius 2 is 2.12 bits per heavy atom. The summed E-state index contributed by atoms with van der Waals surface area (Å²) >= 11 is 7.10. The van der Waals surface area contributed by atoms with Crippen LogP contribution in [0.25, 0.3) is 0 Å². The molecule has 0 saturated carbocycles. The van der Waals surface area contributed by atoms with Crippen LogP contribution in [0.5, 0.6) is 0 Å². The molecule has 2 aromatic rings. The molecule has 2 rings (SSSR count). The molecule has 0 spiro atoms. The number of hydrogen-bond donors (Lipinski definition) is 1. The molecule has 17 heavy (non-hydrogen) atoms. The maximum atomic E-state index is 5.10. The van der Waals surface area contributed by atoms with Gasteiger partial charge in [-0.2, -0.15) is 0 Å². The number of hydrogen-bond acceptors (Lipinski definition) is 2. The first-order chi connectivity index (χ1) is 8.20. The van der Waals surface area contributed by atoms with Crippen LogP contribution in [0.3, 0.4) is 0 Å². The maximum Gasteiger partial charge on any atom is 0.0935 e. The van der Waals surface area contributed by atoms with Gasteiger partial charge in [-0.25, -0.2) is 0 Å². The number of halogens is 2. The number of benzene rings is 1. The third-order valence-corrected chi connectivity index (χ3v) is 3.92. The summed E-state index contributed by atoms with van der Waals surface area (Å²) in [6, 6.07) is 8.47. The smallest absolute Gasteiger partial charge is 0.0935 e. The van der Waals surface area contributed by atoms with Crippen LogP contribution >= 0.6 is 31.9 Å². The van der Waals surface area contributed by atoms with Crippen molar-refractivity contribution in [3.05, 3.63) is 56.9 Å². The van der Waals surface area contributed by atoms with Gasteiger partial charge in [0, 0.05) is 15.0 Å². The summed E-state index contributed by atoms with van der Waals surface area (Å²) in [5.41, 5.74) is 2.43. The van der Waals surface area contributed by atoms with Gasteiger partial charge in [-0.15, -0.1) is 0 Å². The van der Waals surface area contributed by atoms with Crippen molar-refractivity contribution in [1.82, 2.24) is 5.32 Å². The van der Waals surface area contributed by atoms with Gasteiger partial charge in [0.25, 0.3) is 0 Å². The minimum atomic E-state index is 0.263. The molecule has 0 saturated heterocycles. The fraction of sp³-hybridized carbons (Fsp3) is 0.231. The Kier molecular flexibility index (Phi) is 4.42. The second-order valence-corrected chi connectivity index (χ2v) is 5.61. The highest BCUT2D eigenvalue weighted by molar-refractivity contribution is 9.11. The fourth-order valence-corrected chi connectivity index (χ4v) is 2.70. The third kappa shape index (κ3) is 3.21. The lowest BCUT2D eigenvalue weighted by Crippen LogP contribution is -2.19. The average molecular weight is 359 g/mol. The van der Waals surface area contributed by atoms with Crippen molar-refractivity contribution in [3.63, 3.8) is 0 Å². The largest absolute Gasteiger partial charge is 0.472 e. The molecule has 0 aliphatic rings. The van der Waals surface area contributed by atoms with Crippen molar-refractivity contribution in [2.75, 3.05) is 7.05 Å². The quantitative estimate of drug-likeness (QED) is 0.880. The molecule has 0 fully saturated rings. The Bertz CT molecular complexity index is 482. The first-order valence-corrected chi connectivity index (χ1v) is 6.92. The van der Waals surface area contributed by atoms with E-state index in [-0.39, 0.29) is 6.04 Å². The Labute approximate surface area is 118 Å². The van der Waals surface area contributed by atoms with E-state index in [1.54, 1.807) is 12.5 Å². The van der Waals surface area contributed by atoms with Gasteiger partial charge < -0.3 is 9.73 Å². The predicted molar refractivity (Wildman–Crippen MR) is 76.1 cm³/mol. The summed E-state index contributed by atoms with van der Waals surface area (Å²) < 4.78 is 7.30. The predicted octanol–water partition coefficient (Wildman–Crippen LogP) is 4.31. The van der Waals surface area contributed by atoms with Gasteiger partial charge in [0.1, 0.15) is 0 Å². The summed E-state index contributed by atoms with van der Waals surface area (Å²) in [6.07, 6.45) is 4.40. The van der Waals surface area contributed by atoms with Crippen molar-refractivity contribution in [3.8, 4) is 0 Å². The summed E-state index contributed by atoms with van der Waals surface area (Å²) in [5, 5.41) is 3.33. The Hall–Kier alpha value is -0.580. The van der Waals surface area contributed by atoms with E-state index in [2.05, 4.69) is 49.3 Å². The second kappa shape index (κ2) is 5.85. The summed E-state index contributed by atoms with van der Waals surface area (Å²) in [4.78, 5) is 0. The van der Waals surface area contributed by atoms with E-state index in [1.165, 1.54) is 11.1 Å². The van der Waals surface area contributed by atoms with Crippen LogP contribution in [-0.2, 0) is 6.42 Å². The van der Waals surface area contributed by atoms with E-state index in [0.717, 1.165) is 15.4 Å². The molecule has 1 atom stereocenters. The van der Waals surface area contributed by atoms with Crippen LogP contribution in [-0.4, -0.2) is 7.05 Å². The van der Waals surface area contributed by atoms with Crippen molar-refractivity contribution in [2.45, 2.75) is 12.5 Å². The van der Waals surface area contributed by atoms with E-state index in [1.807, 2.05) is 19.2 Å². The average Bonchev–Trinajstić information content (AvgIpc) is 2.82. The molecule has 1 aromatic carbocycles. The zero-order valence-corrected chi connectivity index (χ0v) is 12.6. The van der Waals surface area contributed by atoms with Crippen LogP contribution < -0.4 is 5.32 Å². The second-order valence-electron chi connectivity index (χ2n) is 3.84. The SMILES string of the molecule is CNC(Cc1ccoc1)c1cc(Br)ccc1Br. The van der Waals surface area contributed by atoms with Crippen molar-refractivity contribution < 1.29 is 4.42 Å². The lowest BCUT2D eigenvalue weighted by atomic mass is 10.0. The third-order valence-electron chi connectivity index (χ3n) is 2.70. The van der Waals surface area contributed by atoms with E-state index in [0.29, 0.717) is 0 Å². The molecule has 1 aromatic heterocycles. The van der Waals surface area contributed by atoms with Gasteiger partial charge in [0.15, 0.2) is 0 Å². The molecule has 0 amide bonds. The van der Waals surface area contributed by atoms with Crippen molar-refractivity contribution in [1.29, 1.82) is 0 Å². The van der Waals surface area contributed by atoms with Gasteiger partial charge in [0.2, 0.25) is 0 Å². The van der Waals surface area contributed by atoms with Gasteiger partial charge in [0.05, 0.1) is 12.5 Å². The zero-order chi connectivity index (χ0) is 12.3. The molecule has 0 radical (unpaired) electrons. The molecule has 90 valence electrons. The highest BCUT2D eigenvalue weighted by atomic mass is 79.9. The van der Waals surface area contributed by atoms with Crippen LogP contribution in [0.4, 0.5) is 0 Å².